The Balaban J connectivity index is 2.76. The molecule has 13 heavy (non-hydrogen) atoms. The SMILES string of the molecule is CN(CC(F)F)c1cccnc1N. The molecular formula is C8H11F2N3. The van der Waals surface area contributed by atoms with E-state index >= 15 is 0 Å². The van der Waals surface area contributed by atoms with Gasteiger partial charge in [0, 0.05) is 13.2 Å². The van der Waals surface area contributed by atoms with Crippen LogP contribution in [0.4, 0.5) is 20.3 Å². The predicted molar refractivity (Wildman–Crippen MR) is 47.9 cm³/mol. The van der Waals surface area contributed by atoms with Crippen molar-refractivity contribution in [3.05, 3.63) is 18.3 Å². The molecular weight excluding hydrogens is 176 g/mol. The normalized spacial score (nSPS) is 10.5. The molecule has 0 saturated carbocycles. The average Bonchev–Trinajstić information content (AvgIpc) is 2.03. The Hall–Kier alpha value is -1.39. The fraction of sp³-hybridized carbons (Fsp3) is 0.375. The third-order valence-electron chi connectivity index (χ3n) is 1.64. The fourth-order valence-corrected chi connectivity index (χ4v) is 1.04. The van der Waals surface area contributed by atoms with E-state index in [1.807, 2.05) is 0 Å². The number of nitrogens with zero attached hydrogens (tertiary/aromatic N) is 2. The van der Waals surface area contributed by atoms with Crippen LogP contribution in [0.25, 0.3) is 0 Å². The zero-order chi connectivity index (χ0) is 9.84. The molecule has 72 valence electrons. The van der Waals surface area contributed by atoms with Crippen molar-refractivity contribution in [3.8, 4) is 0 Å². The van der Waals surface area contributed by atoms with Gasteiger partial charge in [0.05, 0.1) is 12.2 Å². The van der Waals surface area contributed by atoms with Crippen LogP contribution in [-0.4, -0.2) is 25.0 Å². The molecule has 0 atom stereocenters. The summed E-state index contributed by atoms with van der Waals surface area (Å²) < 4.78 is 24.0. The highest BCUT2D eigenvalue weighted by atomic mass is 19.3. The van der Waals surface area contributed by atoms with Gasteiger partial charge in [-0.2, -0.15) is 0 Å². The molecule has 0 aliphatic carbocycles. The van der Waals surface area contributed by atoms with Crippen LogP contribution in [0.3, 0.4) is 0 Å². The van der Waals surface area contributed by atoms with E-state index in [2.05, 4.69) is 4.98 Å². The monoisotopic (exact) mass is 187 g/mol. The van der Waals surface area contributed by atoms with Crippen molar-refractivity contribution < 1.29 is 8.78 Å². The maximum absolute atomic E-state index is 12.0. The van der Waals surface area contributed by atoms with Crippen LogP contribution in [-0.2, 0) is 0 Å². The highest BCUT2D eigenvalue weighted by Gasteiger charge is 2.10. The molecule has 0 saturated heterocycles. The Kier molecular flexibility index (Phi) is 3.00. The summed E-state index contributed by atoms with van der Waals surface area (Å²) in [6.07, 6.45) is -0.848. The summed E-state index contributed by atoms with van der Waals surface area (Å²) in [7, 11) is 1.56. The molecule has 0 amide bonds. The molecule has 0 bridgehead atoms. The number of nitrogen functional groups attached to an aromatic ring is 1. The number of rotatable bonds is 3. The minimum atomic E-state index is -2.37. The third-order valence-corrected chi connectivity index (χ3v) is 1.64. The molecule has 0 aliphatic rings. The molecule has 0 unspecified atom stereocenters. The zero-order valence-corrected chi connectivity index (χ0v) is 7.24. The van der Waals surface area contributed by atoms with Crippen molar-refractivity contribution in [1.29, 1.82) is 0 Å². The number of alkyl halides is 2. The van der Waals surface area contributed by atoms with Gasteiger partial charge in [0.1, 0.15) is 5.82 Å². The summed E-state index contributed by atoms with van der Waals surface area (Å²) in [5, 5.41) is 0. The quantitative estimate of drug-likeness (QED) is 0.777. The molecule has 0 aromatic carbocycles. The number of anilines is 2. The Bertz CT molecular complexity index is 278. The van der Waals surface area contributed by atoms with Crippen molar-refractivity contribution in [2.24, 2.45) is 0 Å². The van der Waals surface area contributed by atoms with Gasteiger partial charge in [-0.15, -0.1) is 0 Å². The standard InChI is InChI=1S/C8H11F2N3/c1-13(5-7(9)10)6-3-2-4-12-8(6)11/h2-4,7H,5H2,1H3,(H2,11,12). The van der Waals surface area contributed by atoms with Crippen LogP contribution in [0.15, 0.2) is 18.3 Å². The van der Waals surface area contributed by atoms with Gasteiger partial charge >= 0.3 is 0 Å². The van der Waals surface area contributed by atoms with E-state index in [4.69, 9.17) is 5.73 Å². The first-order valence-electron chi connectivity index (χ1n) is 3.81. The van der Waals surface area contributed by atoms with Gasteiger partial charge in [0.15, 0.2) is 0 Å². The second-order valence-electron chi connectivity index (χ2n) is 2.68. The molecule has 0 radical (unpaired) electrons. The summed E-state index contributed by atoms with van der Waals surface area (Å²) in [4.78, 5) is 5.18. The number of pyridine rings is 1. The molecule has 3 nitrogen and oxygen atoms in total. The number of hydrogen-bond acceptors (Lipinski definition) is 3. The van der Waals surface area contributed by atoms with Crippen molar-refractivity contribution in [2.45, 2.75) is 6.43 Å². The lowest BCUT2D eigenvalue weighted by Crippen LogP contribution is -2.25. The molecule has 2 N–H and O–H groups in total. The summed E-state index contributed by atoms with van der Waals surface area (Å²) >= 11 is 0. The highest BCUT2D eigenvalue weighted by Crippen LogP contribution is 2.18. The van der Waals surface area contributed by atoms with Gasteiger partial charge in [0.2, 0.25) is 0 Å². The van der Waals surface area contributed by atoms with Crippen LogP contribution >= 0.6 is 0 Å². The van der Waals surface area contributed by atoms with Gasteiger partial charge in [-0.1, -0.05) is 0 Å². The van der Waals surface area contributed by atoms with Crippen molar-refractivity contribution in [1.82, 2.24) is 4.98 Å². The van der Waals surface area contributed by atoms with E-state index in [0.29, 0.717) is 5.69 Å². The van der Waals surface area contributed by atoms with E-state index in [1.165, 1.54) is 11.1 Å². The van der Waals surface area contributed by atoms with Crippen molar-refractivity contribution in [3.63, 3.8) is 0 Å². The van der Waals surface area contributed by atoms with E-state index < -0.39 is 6.43 Å². The summed E-state index contributed by atoms with van der Waals surface area (Å²) in [5.41, 5.74) is 6.03. The maximum Gasteiger partial charge on any atom is 0.255 e. The van der Waals surface area contributed by atoms with E-state index in [9.17, 15) is 8.78 Å². The molecule has 0 aliphatic heterocycles. The topological polar surface area (TPSA) is 42.2 Å². The predicted octanol–water partition coefficient (Wildman–Crippen LogP) is 1.37. The summed E-state index contributed by atoms with van der Waals surface area (Å²) in [6.45, 7) is -0.337. The second-order valence-corrected chi connectivity index (χ2v) is 2.68. The number of hydrogen-bond donors (Lipinski definition) is 1. The van der Waals surface area contributed by atoms with Gasteiger partial charge in [-0.3, -0.25) is 0 Å². The first-order valence-corrected chi connectivity index (χ1v) is 3.81. The smallest absolute Gasteiger partial charge is 0.255 e. The molecule has 0 fully saturated rings. The lowest BCUT2D eigenvalue weighted by atomic mass is 10.3. The number of nitrogens with two attached hydrogens (primary N) is 1. The highest BCUT2D eigenvalue weighted by molar-refractivity contribution is 5.62. The molecule has 1 aromatic rings. The van der Waals surface area contributed by atoms with Crippen LogP contribution in [0.2, 0.25) is 0 Å². The Labute approximate surface area is 75.2 Å². The third kappa shape index (κ3) is 2.54. The Morgan fingerprint density at radius 3 is 2.85 bits per heavy atom. The summed E-state index contributed by atoms with van der Waals surface area (Å²) in [5.74, 6) is 0.269. The molecule has 5 heteroatoms. The van der Waals surface area contributed by atoms with Crippen molar-refractivity contribution >= 4 is 11.5 Å². The van der Waals surface area contributed by atoms with Gasteiger partial charge in [-0.05, 0) is 12.1 Å². The van der Waals surface area contributed by atoms with Crippen LogP contribution in [0.1, 0.15) is 0 Å². The van der Waals surface area contributed by atoms with Crippen LogP contribution in [0.5, 0.6) is 0 Å². The maximum atomic E-state index is 12.0. The molecule has 1 aromatic heterocycles. The van der Waals surface area contributed by atoms with Gasteiger partial charge < -0.3 is 10.6 Å². The number of aromatic nitrogens is 1. The lowest BCUT2D eigenvalue weighted by molar-refractivity contribution is 0.156. The number of halogens is 2. The Morgan fingerprint density at radius 2 is 2.31 bits per heavy atom. The fourth-order valence-electron chi connectivity index (χ4n) is 1.04. The van der Waals surface area contributed by atoms with Crippen LogP contribution < -0.4 is 10.6 Å². The second kappa shape index (κ2) is 4.02. The molecule has 1 heterocycles. The molecule has 1 rings (SSSR count). The largest absolute Gasteiger partial charge is 0.382 e. The van der Waals surface area contributed by atoms with E-state index in [1.54, 1.807) is 19.2 Å². The minimum Gasteiger partial charge on any atom is -0.382 e. The Morgan fingerprint density at radius 1 is 1.62 bits per heavy atom. The first kappa shape index (κ1) is 9.70. The zero-order valence-electron chi connectivity index (χ0n) is 7.24. The van der Waals surface area contributed by atoms with Crippen molar-refractivity contribution in [2.75, 3.05) is 24.2 Å². The van der Waals surface area contributed by atoms with Crippen LogP contribution in [0, 0.1) is 0 Å². The summed E-state index contributed by atoms with van der Waals surface area (Å²) in [6, 6.07) is 3.32. The average molecular weight is 187 g/mol. The van der Waals surface area contributed by atoms with E-state index in [-0.39, 0.29) is 12.4 Å². The van der Waals surface area contributed by atoms with Gasteiger partial charge in [-0.25, -0.2) is 13.8 Å². The lowest BCUT2D eigenvalue weighted by Gasteiger charge is -2.19. The van der Waals surface area contributed by atoms with E-state index in [0.717, 1.165) is 0 Å². The minimum absolute atomic E-state index is 0.269. The van der Waals surface area contributed by atoms with Gasteiger partial charge in [0.25, 0.3) is 6.43 Å². The first-order chi connectivity index (χ1) is 6.11. The molecule has 0 spiro atoms.